The summed E-state index contributed by atoms with van der Waals surface area (Å²) in [6, 6.07) is 15.5. The molecule has 2 aromatic carbocycles. The van der Waals surface area contributed by atoms with Gasteiger partial charge in [-0.1, -0.05) is 0 Å². The molecule has 214 valence electrons. The van der Waals surface area contributed by atoms with E-state index in [1.807, 2.05) is 0 Å². The molecule has 0 spiro atoms. The van der Waals surface area contributed by atoms with E-state index in [0.717, 1.165) is 18.9 Å². The normalized spacial score (nSPS) is 12.5. The molecule has 1 aliphatic rings. The van der Waals surface area contributed by atoms with E-state index in [-0.39, 0.29) is 47.1 Å². The molecule has 0 aliphatic heterocycles. The van der Waals surface area contributed by atoms with Gasteiger partial charge < -0.3 is 25.0 Å². The van der Waals surface area contributed by atoms with Crippen molar-refractivity contribution < 1.29 is 27.8 Å². The zero-order valence-corrected chi connectivity index (χ0v) is 23.0. The van der Waals surface area contributed by atoms with E-state index in [1.165, 1.54) is 42.5 Å². The van der Waals surface area contributed by atoms with Crippen LogP contribution in [0.4, 0.5) is 20.3 Å². The minimum absolute atomic E-state index is 0. The van der Waals surface area contributed by atoms with E-state index in [2.05, 4.69) is 15.6 Å². The molecule has 1 aliphatic carbocycles. The Bertz CT molecular complexity index is 1820. The average Bonchev–Trinajstić information content (AvgIpc) is 3.72. The predicted octanol–water partition coefficient (Wildman–Crippen LogP) is 6.04. The molecular formula is C30H24ClF2N5O4. The predicted molar refractivity (Wildman–Crippen MR) is 154 cm³/mol. The van der Waals surface area contributed by atoms with Gasteiger partial charge in [-0.25, -0.2) is 13.8 Å². The lowest BCUT2D eigenvalue weighted by molar-refractivity contribution is -0.596. The highest BCUT2D eigenvalue weighted by molar-refractivity contribution is 6.02. The molecular weight excluding hydrogens is 568 g/mol. The number of pyridine rings is 2. The maximum atomic E-state index is 14.9. The number of ether oxygens (including phenoxy) is 1. The van der Waals surface area contributed by atoms with Crippen molar-refractivity contribution in [2.24, 2.45) is 5.92 Å². The molecule has 2 amide bonds. The van der Waals surface area contributed by atoms with Crippen LogP contribution in [0.25, 0.3) is 16.9 Å². The van der Waals surface area contributed by atoms with Gasteiger partial charge in [0.05, 0.1) is 12.4 Å². The van der Waals surface area contributed by atoms with Crippen molar-refractivity contribution in [1.29, 1.82) is 0 Å². The van der Waals surface area contributed by atoms with Gasteiger partial charge in [0.1, 0.15) is 17.2 Å². The van der Waals surface area contributed by atoms with E-state index in [4.69, 9.17) is 4.74 Å². The molecule has 0 atom stereocenters. The molecule has 0 saturated heterocycles. The number of aromatic nitrogens is 3. The molecule has 5 aromatic rings. The number of fused-ring (bicyclic) bond motifs is 1. The molecule has 0 unspecified atom stereocenters. The molecule has 0 radical (unpaired) electrons. The second-order valence-corrected chi connectivity index (χ2v) is 9.77. The monoisotopic (exact) mass is 591 g/mol. The van der Waals surface area contributed by atoms with E-state index in [1.54, 1.807) is 41.9 Å². The third-order valence-electron chi connectivity index (χ3n) is 6.68. The first-order valence-electron chi connectivity index (χ1n) is 12.8. The number of rotatable bonds is 7. The number of hydrogen-bond acceptors (Lipinski definition) is 5. The van der Waals surface area contributed by atoms with Crippen molar-refractivity contribution in [2.45, 2.75) is 19.8 Å². The molecule has 3 aromatic heterocycles. The first kappa shape index (κ1) is 28.5. The minimum Gasteiger partial charge on any atom is -0.618 e. The number of anilines is 2. The van der Waals surface area contributed by atoms with Crippen LogP contribution in [0.5, 0.6) is 11.5 Å². The fourth-order valence-electron chi connectivity index (χ4n) is 4.40. The number of nitrogens with zero attached hydrogens (tertiary/aromatic N) is 3. The van der Waals surface area contributed by atoms with Crippen LogP contribution in [0.2, 0.25) is 0 Å². The standard InChI is InChI=1S/C30H23F2N5O4.ClH/c1-17-2-11-24(37(40)28(17)18-5-7-20(31)8-6-18)30(39)33-21-9-12-25(23(32)14-21)41-22-10-13-27-34-26(16-36(27)15-22)35-29(38)19-3-4-19;/h2,5-16,19H,3-4H2,1H3,(H,33,39)(H,35,38);1H. The van der Waals surface area contributed by atoms with Crippen molar-refractivity contribution in [3.63, 3.8) is 0 Å². The number of benzene rings is 2. The van der Waals surface area contributed by atoms with Crippen molar-refractivity contribution in [3.05, 3.63) is 107 Å². The summed E-state index contributed by atoms with van der Waals surface area (Å²) < 4.78 is 36.1. The van der Waals surface area contributed by atoms with Crippen LogP contribution in [0.1, 0.15) is 28.9 Å². The molecule has 12 heteroatoms. The minimum atomic E-state index is -0.744. The lowest BCUT2D eigenvalue weighted by Crippen LogP contribution is -2.39. The summed E-state index contributed by atoms with van der Waals surface area (Å²) in [5.41, 5.74) is 1.75. The number of aryl methyl sites for hydroxylation is 1. The zero-order valence-electron chi connectivity index (χ0n) is 22.1. The third-order valence-corrected chi connectivity index (χ3v) is 6.68. The van der Waals surface area contributed by atoms with Gasteiger partial charge in [-0.2, -0.15) is 4.73 Å². The van der Waals surface area contributed by atoms with E-state index in [9.17, 15) is 23.6 Å². The molecule has 9 nitrogen and oxygen atoms in total. The highest BCUT2D eigenvalue weighted by Gasteiger charge is 2.30. The molecule has 3 heterocycles. The Kier molecular flexibility index (Phi) is 7.77. The van der Waals surface area contributed by atoms with Gasteiger partial charge in [0.15, 0.2) is 17.4 Å². The maximum Gasteiger partial charge on any atom is 0.321 e. The summed E-state index contributed by atoms with van der Waals surface area (Å²) in [5.74, 6) is -1.28. The number of nitrogens with one attached hydrogen (secondary N) is 2. The molecule has 2 N–H and O–H groups in total. The fourth-order valence-corrected chi connectivity index (χ4v) is 4.40. The molecule has 1 saturated carbocycles. The van der Waals surface area contributed by atoms with Crippen LogP contribution in [0, 0.1) is 29.7 Å². The van der Waals surface area contributed by atoms with Crippen LogP contribution in [-0.2, 0) is 4.79 Å². The average molecular weight is 592 g/mol. The Morgan fingerprint density at radius 3 is 2.48 bits per heavy atom. The molecule has 0 bridgehead atoms. The number of imidazole rings is 1. The topological polar surface area (TPSA) is 112 Å². The quantitative estimate of drug-likeness (QED) is 0.177. The van der Waals surface area contributed by atoms with Gasteiger partial charge in [-0.15, -0.1) is 12.4 Å². The van der Waals surface area contributed by atoms with Crippen molar-refractivity contribution in [1.82, 2.24) is 9.38 Å². The summed E-state index contributed by atoms with van der Waals surface area (Å²) in [6.45, 7) is 1.71. The van der Waals surface area contributed by atoms with E-state index < -0.39 is 17.5 Å². The van der Waals surface area contributed by atoms with Crippen LogP contribution in [-0.4, -0.2) is 21.2 Å². The van der Waals surface area contributed by atoms with Gasteiger partial charge in [0.25, 0.3) is 5.69 Å². The van der Waals surface area contributed by atoms with Crippen molar-refractivity contribution in [3.8, 4) is 22.8 Å². The highest BCUT2D eigenvalue weighted by atomic mass is 35.5. The Morgan fingerprint density at radius 1 is 1.00 bits per heavy atom. The largest absolute Gasteiger partial charge is 0.618 e. The highest BCUT2D eigenvalue weighted by Crippen LogP contribution is 2.31. The Morgan fingerprint density at radius 2 is 1.76 bits per heavy atom. The van der Waals surface area contributed by atoms with Gasteiger partial charge in [-0.3, -0.25) is 9.59 Å². The second kappa shape index (κ2) is 11.5. The first-order valence-corrected chi connectivity index (χ1v) is 12.8. The lowest BCUT2D eigenvalue weighted by Gasteiger charge is -2.12. The smallest absolute Gasteiger partial charge is 0.321 e. The van der Waals surface area contributed by atoms with Crippen molar-refractivity contribution in [2.75, 3.05) is 10.6 Å². The second-order valence-electron chi connectivity index (χ2n) is 9.77. The maximum absolute atomic E-state index is 14.9. The van der Waals surface area contributed by atoms with Gasteiger partial charge in [0, 0.05) is 34.9 Å². The molecule has 6 rings (SSSR count). The van der Waals surface area contributed by atoms with Crippen LogP contribution in [0.15, 0.2) is 79.1 Å². The zero-order chi connectivity index (χ0) is 28.7. The summed E-state index contributed by atoms with van der Waals surface area (Å²) in [5, 5.41) is 18.4. The third kappa shape index (κ3) is 5.86. The Labute approximate surface area is 244 Å². The van der Waals surface area contributed by atoms with Crippen LogP contribution >= 0.6 is 12.4 Å². The first-order chi connectivity index (χ1) is 19.7. The number of carbonyl (C=O) groups excluding carboxylic acids is 2. The summed E-state index contributed by atoms with van der Waals surface area (Å²) in [4.78, 5) is 29.3. The summed E-state index contributed by atoms with van der Waals surface area (Å²) in [7, 11) is 0. The van der Waals surface area contributed by atoms with Gasteiger partial charge in [0.2, 0.25) is 11.6 Å². The number of carbonyl (C=O) groups is 2. The van der Waals surface area contributed by atoms with Gasteiger partial charge in [-0.05, 0) is 74.4 Å². The number of halogens is 3. The number of amides is 2. The number of hydrogen-bond donors (Lipinski definition) is 2. The van der Waals surface area contributed by atoms with E-state index >= 15 is 0 Å². The summed E-state index contributed by atoms with van der Waals surface area (Å²) >= 11 is 0. The molecule has 1 fully saturated rings. The van der Waals surface area contributed by atoms with E-state index in [0.29, 0.717) is 33.1 Å². The molecule has 42 heavy (non-hydrogen) atoms. The lowest BCUT2D eigenvalue weighted by atomic mass is 10.1. The fraction of sp³-hybridized carbons (Fsp3) is 0.133. The Hall–Kier alpha value is -5.03. The SMILES string of the molecule is Cc1ccc(C(=O)Nc2ccc(Oc3ccc4nc(NC(=O)C5CC5)cn4c3)c(F)c2)[n+]([O-])c1-c1ccc(F)cc1.Cl. The Balaban J connectivity index is 0.00000353. The summed E-state index contributed by atoms with van der Waals surface area (Å²) in [6.07, 6.45) is 5.02. The van der Waals surface area contributed by atoms with Crippen LogP contribution in [0.3, 0.4) is 0 Å². The van der Waals surface area contributed by atoms with Gasteiger partial charge >= 0.3 is 5.91 Å². The van der Waals surface area contributed by atoms with Crippen molar-refractivity contribution >= 4 is 41.4 Å². The van der Waals surface area contributed by atoms with Crippen LogP contribution < -0.4 is 20.1 Å².